The second kappa shape index (κ2) is 7.73. The molecule has 0 atom stereocenters. The van der Waals surface area contributed by atoms with Crippen LogP contribution in [0.15, 0.2) is 12.1 Å². The summed E-state index contributed by atoms with van der Waals surface area (Å²) in [4.78, 5) is 14.0. The highest BCUT2D eigenvalue weighted by Gasteiger charge is 2.19. The largest absolute Gasteiger partial charge is 0.489 e. The van der Waals surface area contributed by atoms with Crippen molar-refractivity contribution < 1.29 is 14.3 Å². The fourth-order valence-electron chi connectivity index (χ4n) is 2.51. The zero-order chi connectivity index (χ0) is 16.1. The summed E-state index contributed by atoms with van der Waals surface area (Å²) < 4.78 is 11.3. The normalized spacial score (nSPS) is 13.9. The van der Waals surface area contributed by atoms with E-state index >= 15 is 0 Å². The van der Waals surface area contributed by atoms with Crippen molar-refractivity contribution in [2.75, 3.05) is 19.8 Å². The average Bonchev–Trinajstić information content (AvgIpc) is 2.71. The molecule has 1 aliphatic heterocycles. The minimum Gasteiger partial charge on any atom is -0.489 e. The summed E-state index contributed by atoms with van der Waals surface area (Å²) in [5.74, 6) is 1.86. The van der Waals surface area contributed by atoms with Gasteiger partial charge in [0.2, 0.25) is 5.91 Å². The van der Waals surface area contributed by atoms with Crippen LogP contribution in [-0.2, 0) is 11.3 Å². The first-order chi connectivity index (χ1) is 10.5. The van der Waals surface area contributed by atoms with Gasteiger partial charge in [-0.15, -0.1) is 0 Å². The van der Waals surface area contributed by atoms with Crippen molar-refractivity contribution in [2.24, 2.45) is 5.92 Å². The third-order valence-electron chi connectivity index (χ3n) is 3.48. The van der Waals surface area contributed by atoms with Crippen LogP contribution in [0.25, 0.3) is 0 Å². The molecule has 1 aromatic rings. The smallest absolute Gasteiger partial charge is 0.222 e. The van der Waals surface area contributed by atoms with Gasteiger partial charge in [0.15, 0.2) is 11.5 Å². The predicted molar refractivity (Wildman–Crippen MR) is 87.6 cm³/mol. The first-order valence-corrected chi connectivity index (χ1v) is 8.24. The molecule has 22 heavy (non-hydrogen) atoms. The van der Waals surface area contributed by atoms with Crippen LogP contribution in [0.4, 0.5) is 0 Å². The molecule has 0 N–H and O–H groups in total. The molecule has 0 saturated carbocycles. The Balaban J connectivity index is 2.22. The first kappa shape index (κ1) is 16.9. The van der Waals surface area contributed by atoms with Crippen molar-refractivity contribution in [1.82, 2.24) is 4.90 Å². The van der Waals surface area contributed by atoms with E-state index in [1.807, 2.05) is 24.0 Å². The van der Waals surface area contributed by atoms with E-state index in [9.17, 15) is 4.79 Å². The maximum atomic E-state index is 12.1. The summed E-state index contributed by atoms with van der Waals surface area (Å²) in [5.41, 5.74) is 0.969. The SMILES string of the molecule is CCC(=O)N(Cc1cc(Cl)c2c(c1)OCCCO2)CC(C)C. The van der Waals surface area contributed by atoms with Gasteiger partial charge in [-0.2, -0.15) is 0 Å². The highest BCUT2D eigenvalue weighted by Crippen LogP contribution is 2.38. The van der Waals surface area contributed by atoms with E-state index in [1.54, 1.807) is 0 Å². The third-order valence-corrected chi connectivity index (χ3v) is 3.76. The molecule has 1 heterocycles. The maximum absolute atomic E-state index is 12.1. The Bertz CT molecular complexity index is 531. The number of amides is 1. The molecule has 2 rings (SSSR count). The molecule has 0 bridgehead atoms. The Hall–Kier alpha value is -1.42. The van der Waals surface area contributed by atoms with Crippen LogP contribution < -0.4 is 9.47 Å². The number of rotatable bonds is 5. The monoisotopic (exact) mass is 325 g/mol. The second-order valence-corrected chi connectivity index (χ2v) is 6.38. The summed E-state index contributed by atoms with van der Waals surface area (Å²) in [5, 5.41) is 0.544. The van der Waals surface area contributed by atoms with Gasteiger partial charge in [0, 0.05) is 25.9 Å². The van der Waals surface area contributed by atoms with Crippen molar-refractivity contribution in [1.29, 1.82) is 0 Å². The Kier molecular flexibility index (Phi) is 5.95. The molecule has 0 fully saturated rings. The zero-order valence-electron chi connectivity index (χ0n) is 13.5. The van der Waals surface area contributed by atoms with E-state index in [2.05, 4.69) is 13.8 Å². The van der Waals surface area contributed by atoms with Gasteiger partial charge in [0.25, 0.3) is 0 Å². The number of hydrogen-bond donors (Lipinski definition) is 0. The molecular weight excluding hydrogens is 302 g/mol. The molecule has 1 amide bonds. The minimum atomic E-state index is 0.150. The Morgan fingerprint density at radius 3 is 2.73 bits per heavy atom. The Labute approximate surface area is 137 Å². The van der Waals surface area contributed by atoms with Crippen LogP contribution >= 0.6 is 11.6 Å². The quantitative estimate of drug-likeness (QED) is 0.824. The number of carbonyl (C=O) groups excluding carboxylic acids is 1. The molecule has 0 saturated heterocycles. The van der Waals surface area contributed by atoms with Crippen LogP contribution in [0.2, 0.25) is 5.02 Å². The lowest BCUT2D eigenvalue weighted by Crippen LogP contribution is -2.33. The van der Waals surface area contributed by atoms with Crippen molar-refractivity contribution >= 4 is 17.5 Å². The number of ether oxygens (including phenoxy) is 2. The molecule has 1 aromatic carbocycles. The van der Waals surface area contributed by atoms with Gasteiger partial charge in [-0.3, -0.25) is 4.79 Å². The standard InChI is InChI=1S/C17H24ClNO3/c1-4-16(20)19(10-12(2)3)11-13-8-14(18)17-15(9-13)21-6-5-7-22-17/h8-9,12H,4-7,10-11H2,1-3H3. The number of benzene rings is 1. The van der Waals surface area contributed by atoms with E-state index in [-0.39, 0.29) is 5.91 Å². The Morgan fingerprint density at radius 1 is 1.32 bits per heavy atom. The lowest BCUT2D eigenvalue weighted by molar-refractivity contribution is -0.132. The highest BCUT2D eigenvalue weighted by molar-refractivity contribution is 6.32. The molecule has 0 radical (unpaired) electrons. The average molecular weight is 326 g/mol. The van der Waals surface area contributed by atoms with Crippen molar-refractivity contribution in [3.8, 4) is 11.5 Å². The van der Waals surface area contributed by atoms with Gasteiger partial charge in [-0.1, -0.05) is 32.4 Å². The van der Waals surface area contributed by atoms with E-state index in [0.717, 1.165) is 18.5 Å². The van der Waals surface area contributed by atoms with Gasteiger partial charge in [0.1, 0.15) is 0 Å². The van der Waals surface area contributed by atoms with E-state index in [1.165, 1.54) is 0 Å². The van der Waals surface area contributed by atoms with Crippen LogP contribution in [-0.4, -0.2) is 30.6 Å². The summed E-state index contributed by atoms with van der Waals surface area (Å²) in [7, 11) is 0. The molecule has 122 valence electrons. The summed E-state index contributed by atoms with van der Waals surface area (Å²) >= 11 is 6.31. The lowest BCUT2D eigenvalue weighted by Gasteiger charge is -2.25. The summed E-state index contributed by atoms with van der Waals surface area (Å²) in [6, 6.07) is 3.80. The predicted octanol–water partition coefficient (Wildman–Crippen LogP) is 3.90. The van der Waals surface area contributed by atoms with Crippen LogP contribution in [0.3, 0.4) is 0 Å². The van der Waals surface area contributed by atoms with Crippen molar-refractivity contribution in [2.45, 2.75) is 40.2 Å². The zero-order valence-corrected chi connectivity index (χ0v) is 14.3. The second-order valence-electron chi connectivity index (χ2n) is 5.98. The van der Waals surface area contributed by atoms with Gasteiger partial charge >= 0.3 is 0 Å². The highest BCUT2D eigenvalue weighted by atomic mass is 35.5. The van der Waals surface area contributed by atoms with Gasteiger partial charge in [-0.05, 0) is 23.6 Å². The van der Waals surface area contributed by atoms with E-state index in [4.69, 9.17) is 21.1 Å². The third kappa shape index (κ3) is 4.29. The fraction of sp³-hybridized carbons (Fsp3) is 0.588. The van der Waals surface area contributed by atoms with Crippen LogP contribution in [0.1, 0.15) is 39.2 Å². The van der Waals surface area contributed by atoms with E-state index < -0.39 is 0 Å². The number of carbonyl (C=O) groups is 1. The maximum Gasteiger partial charge on any atom is 0.222 e. The lowest BCUT2D eigenvalue weighted by atomic mass is 10.1. The number of hydrogen-bond acceptors (Lipinski definition) is 3. The molecule has 0 unspecified atom stereocenters. The molecule has 0 spiro atoms. The van der Waals surface area contributed by atoms with Gasteiger partial charge in [-0.25, -0.2) is 0 Å². The Morgan fingerprint density at radius 2 is 2.05 bits per heavy atom. The molecule has 0 aliphatic carbocycles. The molecule has 0 aromatic heterocycles. The van der Waals surface area contributed by atoms with Crippen molar-refractivity contribution in [3.05, 3.63) is 22.7 Å². The number of nitrogens with zero attached hydrogens (tertiary/aromatic N) is 1. The number of halogens is 1. The van der Waals surface area contributed by atoms with Crippen molar-refractivity contribution in [3.63, 3.8) is 0 Å². The van der Waals surface area contributed by atoms with Gasteiger partial charge < -0.3 is 14.4 Å². The molecule has 1 aliphatic rings. The first-order valence-electron chi connectivity index (χ1n) is 7.87. The van der Waals surface area contributed by atoms with Gasteiger partial charge in [0.05, 0.1) is 18.2 Å². The van der Waals surface area contributed by atoms with E-state index in [0.29, 0.717) is 48.6 Å². The number of fused-ring (bicyclic) bond motifs is 1. The minimum absolute atomic E-state index is 0.150. The van der Waals surface area contributed by atoms with Crippen LogP contribution in [0.5, 0.6) is 11.5 Å². The fourth-order valence-corrected chi connectivity index (χ4v) is 2.80. The summed E-state index contributed by atoms with van der Waals surface area (Å²) in [6.45, 7) is 8.61. The topological polar surface area (TPSA) is 38.8 Å². The molecule has 4 nitrogen and oxygen atoms in total. The van der Waals surface area contributed by atoms with Crippen LogP contribution in [0, 0.1) is 5.92 Å². The molecular formula is C17H24ClNO3. The molecule has 5 heteroatoms. The summed E-state index contributed by atoms with van der Waals surface area (Å²) in [6.07, 6.45) is 1.35.